The summed E-state index contributed by atoms with van der Waals surface area (Å²) in [7, 11) is 0. The van der Waals surface area contributed by atoms with Crippen molar-refractivity contribution < 1.29 is 18.3 Å². The van der Waals surface area contributed by atoms with Gasteiger partial charge in [0.05, 0.1) is 60.1 Å². The number of hydrogen-bond donors (Lipinski definition) is 1. The number of hydrogen-bond acceptors (Lipinski definition) is 6. The van der Waals surface area contributed by atoms with Gasteiger partial charge >= 0.3 is 0 Å². The van der Waals surface area contributed by atoms with Gasteiger partial charge in [-0.05, 0) is 41.7 Å². The van der Waals surface area contributed by atoms with E-state index in [2.05, 4.69) is 66.2 Å². The van der Waals surface area contributed by atoms with Crippen molar-refractivity contribution in [2.45, 2.75) is 33.1 Å². The van der Waals surface area contributed by atoms with Crippen LogP contribution in [-0.4, -0.2) is 57.6 Å². The summed E-state index contributed by atoms with van der Waals surface area (Å²) in [4.78, 5) is 9.38. The highest BCUT2D eigenvalue weighted by Gasteiger charge is 2.23. The van der Waals surface area contributed by atoms with Crippen molar-refractivity contribution in [2.75, 3.05) is 67.7 Å². The summed E-state index contributed by atoms with van der Waals surface area (Å²) >= 11 is 0. The summed E-state index contributed by atoms with van der Waals surface area (Å²) < 4.78 is 41.3. The molecule has 0 spiro atoms. The third kappa shape index (κ3) is 5.65. The van der Waals surface area contributed by atoms with Crippen LogP contribution in [0.4, 0.5) is 31.5 Å². The summed E-state index contributed by atoms with van der Waals surface area (Å²) in [6.45, 7) is 14.2. The summed E-state index contributed by atoms with van der Waals surface area (Å²) in [5.41, 5.74) is 7.37. The van der Waals surface area contributed by atoms with Gasteiger partial charge in [0.2, 0.25) is 0 Å². The normalized spacial score (nSPS) is 16.2. The molecule has 0 aliphatic carbocycles. The van der Waals surface area contributed by atoms with Crippen LogP contribution in [0.15, 0.2) is 54.6 Å². The first-order valence-electron chi connectivity index (χ1n) is 14.7. The quantitative estimate of drug-likeness (QED) is 0.273. The van der Waals surface area contributed by atoms with Crippen molar-refractivity contribution in [3.8, 4) is 11.3 Å². The van der Waals surface area contributed by atoms with Crippen molar-refractivity contribution >= 4 is 33.7 Å². The highest BCUT2D eigenvalue weighted by molar-refractivity contribution is 5.99. The second-order valence-corrected chi connectivity index (χ2v) is 12.1. The molecule has 42 heavy (non-hydrogen) atoms. The van der Waals surface area contributed by atoms with Crippen LogP contribution in [0.1, 0.15) is 31.9 Å². The van der Waals surface area contributed by atoms with Gasteiger partial charge in [0.25, 0.3) is 0 Å². The van der Waals surface area contributed by atoms with E-state index in [1.54, 1.807) is 0 Å². The van der Waals surface area contributed by atoms with Crippen LogP contribution >= 0.6 is 0 Å². The number of halogens is 2. The van der Waals surface area contributed by atoms with Gasteiger partial charge in [-0.25, -0.2) is 13.8 Å². The summed E-state index contributed by atoms with van der Waals surface area (Å²) in [5.74, 6) is -1.30. The Morgan fingerprint density at radius 3 is 2.10 bits per heavy atom. The standard InChI is InChI=1S/C34H38F2N4O2/c1-22-32(23-5-7-24(8-6-23)34(2,3)4)38-29-20-25(35)19-27(36)31(29)33(22)37-28-21-26(39-11-15-41-16-12-39)9-10-30(28)40-13-17-42-18-14-40/h5-10,19-21H,11-18H2,1-4H3,(H,37,38). The van der Waals surface area contributed by atoms with E-state index < -0.39 is 11.6 Å². The van der Waals surface area contributed by atoms with Gasteiger partial charge < -0.3 is 24.6 Å². The Morgan fingerprint density at radius 2 is 1.45 bits per heavy atom. The third-order valence-electron chi connectivity index (χ3n) is 8.24. The SMILES string of the molecule is Cc1c(-c2ccc(C(C)(C)C)cc2)nc2cc(F)cc(F)c2c1Nc1cc(N2CCOCC2)ccc1N1CCOCC1. The second-order valence-electron chi connectivity index (χ2n) is 12.1. The zero-order valence-electron chi connectivity index (χ0n) is 24.8. The lowest BCUT2D eigenvalue weighted by molar-refractivity contribution is 0.122. The van der Waals surface area contributed by atoms with E-state index in [1.165, 1.54) is 11.6 Å². The summed E-state index contributed by atoms with van der Waals surface area (Å²) in [6, 6.07) is 16.9. The number of pyridine rings is 1. The molecule has 6 rings (SSSR count). The lowest BCUT2D eigenvalue weighted by Gasteiger charge is -2.33. The lowest BCUT2D eigenvalue weighted by atomic mass is 9.86. The fourth-order valence-electron chi connectivity index (χ4n) is 5.83. The van der Waals surface area contributed by atoms with Crippen molar-refractivity contribution in [1.82, 2.24) is 4.98 Å². The van der Waals surface area contributed by atoms with E-state index in [0.29, 0.717) is 37.8 Å². The number of aromatic nitrogens is 1. The first-order chi connectivity index (χ1) is 20.2. The van der Waals surface area contributed by atoms with Crippen LogP contribution in [0.2, 0.25) is 0 Å². The minimum atomic E-state index is -0.653. The van der Waals surface area contributed by atoms with Gasteiger partial charge in [-0.15, -0.1) is 0 Å². The van der Waals surface area contributed by atoms with Crippen LogP contribution < -0.4 is 15.1 Å². The van der Waals surface area contributed by atoms with E-state index in [-0.39, 0.29) is 16.3 Å². The molecule has 0 atom stereocenters. The average Bonchev–Trinajstić information content (AvgIpc) is 2.99. The topological polar surface area (TPSA) is 49.9 Å². The molecule has 8 heteroatoms. The van der Waals surface area contributed by atoms with Crippen LogP contribution in [0, 0.1) is 18.6 Å². The van der Waals surface area contributed by atoms with Crippen molar-refractivity contribution in [1.29, 1.82) is 0 Å². The van der Waals surface area contributed by atoms with Crippen LogP contribution in [0.3, 0.4) is 0 Å². The molecule has 1 N–H and O–H groups in total. The van der Waals surface area contributed by atoms with E-state index in [9.17, 15) is 4.39 Å². The number of nitrogens with one attached hydrogen (secondary N) is 1. The zero-order valence-corrected chi connectivity index (χ0v) is 24.8. The molecule has 1 aromatic heterocycles. The number of anilines is 4. The molecule has 6 nitrogen and oxygen atoms in total. The highest BCUT2D eigenvalue weighted by Crippen LogP contribution is 2.41. The van der Waals surface area contributed by atoms with Gasteiger partial charge in [0.1, 0.15) is 11.6 Å². The van der Waals surface area contributed by atoms with Crippen LogP contribution in [0.25, 0.3) is 22.2 Å². The molecule has 0 radical (unpaired) electrons. The zero-order chi connectivity index (χ0) is 29.4. The van der Waals surface area contributed by atoms with Gasteiger partial charge in [-0.3, -0.25) is 0 Å². The molecule has 2 aliphatic heterocycles. The molecule has 2 fully saturated rings. The first kappa shape index (κ1) is 28.4. The Balaban J connectivity index is 1.51. The second kappa shape index (κ2) is 11.5. The van der Waals surface area contributed by atoms with Crippen LogP contribution in [-0.2, 0) is 14.9 Å². The largest absolute Gasteiger partial charge is 0.378 e. The fourth-order valence-corrected chi connectivity index (χ4v) is 5.83. The molecule has 220 valence electrons. The average molecular weight is 573 g/mol. The number of fused-ring (bicyclic) bond motifs is 1. The molecular formula is C34H38F2N4O2. The number of rotatable bonds is 5. The Morgan fingerprint density at radius 1 is 0.810 bits per heavy atom. The molecular weight excluding hydrogens is 534 g/mol. The number of morpholine rings is 2. The van der Waals surface area contributed by atoms with Crippen molar-refractivity contribution in [3.63, 3.8) is 0 Å². The highest BCUT2D eigenvalue weighted by atomic mass is 19.1. The maximum absolute atomic E-state index is 15.6. The van der Waals surface area contributed by atoms with Gasteiger partial charge in [-0.2, -0.15) is 0 Å². The number of ether oxygens (including phenoxy) is 2. The van der Waals surface area contributed by atoms with Crippen molar-refractivity contribution in [3.05, 3.63) is 77.4 Å². The number of nitrogens with zero attached hydrogens (tertiary/aromatic N) is 3. The third-order valence-corrected chi connectivity index (χ3v) is 8.24. The Labute approximate surface area is 246 Å². The molecule has 3 heterocycles. The monoisotopic (exact) mass is 572 g/mol. The smallest absolute Gasteiger partial charge is 0.137 e. The van der Waals surface area contributed by atoms with Gasteiger partial charge in [0, 0.05) is 49.6 Å². The number of benzene rings is 3. The molecule has 0 bridgehead atoms. The molecule has 0 amide bonds. The molecule has 2 saturated heterocycles. The van der Waals surface area contributed by atoms with E-state index in [0.717, 1.165) is 60.4 Å². The van der Waals surface area contributed by atoms with E-state index in [4.69, 9.17) is 14.5 Å². The van der Waals surface area contributed by atoms with E-state index >= 15 is 4.39 Å². The summed E-state index contributed by atoms with van der Waals surface area (Å²) in [6.07, 6.45) is 0. The predicted octanol–water partition coefficient (Wildman–Crippen LogP) is 7.20. The molecule has 0 unspecified atom stereocenters. The minimum Gasteiger partial charge on any atom is -0.378 e. The first-order valence-corrected chi connectivity index (χ1v) is 14.7. The molecule has 3 aromatic carbocycles. The fraction of sp³-hybridized carbons (Fsp3) is 0.382. The van der Waals surface area contributed by atoms with Crippen molar-refractivity contribution in [2.24, 2.45) is 0 Å². The molecule has 2 aliphatic rings. The Kier molecular flexibility index (Phi) is 7.77. The maximum Gasteiger partial charge on any atom is 0.137 e. The van der Waals surface area contributed by atoms with Gasteiger partial charge in [0.15, 0.2) is 0 Å². The van der Waals surface area contributed by atoms with Crippen LogP contribution in [0.5, 0.6) is 0 Å². The van der Waals surface area contributed by atoms with E-state index in [1.807, 2.05) is 19.1 Å². The lowest BCUT2D eigenvalue weighted by Crippen LogP contribution is -2.37. The van der Waals surface area contributed by atoms with Gasteiger partial charge in [-0.1, -0.05) is 45.0 Å². The summed E-state index contributed by atoms with van der Waals surface area (Å²) in [5, 5.41) is 3.90. The molecule has 0 saturated carbocycles. The maximum atomic E-state index is 15.6. The molecule has 4 aromatic rings. The Hall–Kier alpha value is -3.75. The minimum absolute atomic E-state index is 0.00471. The predicted molar refractivity (Wildman–Crippen MR) is 166 cm³/mol. The Bertz CT molecular complexity index is 1590.